The summed E-state index contributed by atoms with van der Waals surface area (Å²) in [7, 11) is 1.23. The fourth-order valence-electron chi connectivity index (χ4n) is 2.31. The maximum absolute atomic E-state index is 13.2. The lowest BCUT2D eigenvalue weighted by molar-refractivity contribution is -0.133. The van der Waals surface area contributed by atoms with Crippen molar-refractivity contribution in [2.45, 2.75) is 4.90 Å². The molecule has 0 unspecified atom stereocenters. The molecule has 1 aromatic heterocycles. The van der Waals surface area contributed by atoms with Gasteiger partial charge in [0.25, 0.3) is 0 Å². The molecule has 0 atom stereocenters. The number of nitrogens with one attached hydrogen (secondary N) is 1. The van der Waals surface area contributed by atoms with Crippen molar-refractivity contribution in [3.63, 3.8) is 0 Å². The minimum absolute atomic E-state index is 0.0102. The number of aromatic amines is 1. The van der Waals surface area contributed by atoms with Crippen molar-refractivity contribution < 1.29 is 19.0 Å². The molecule has 1 heterocycles. The summed E-state index contributed by atoms with van der Waals surface area (Å²) < 4.78 is 18.0. The quantitative estimate of drug-likeness (QED) is 0.287. The molecule has 0 bridgehead atoms. The number of aliphatic hydroxyl groups excluding tert-OH is 1. The monoisotopic (exact) mass is 392 g/mol. The van der Waals surface area contributed by atoms with Crippen molar-refractivity contribution >= 4 is 45.9 Å². The molecule has 0 saturated carbocycles. The molecule has 0 fully saturated rings. The molecule has 8 heteroatoms. The number of para-hydroxylation sites is 2. The number of thioether (sulfide) groups is 1. The highest BCUT2D eigenvalue weighted by atomic mass is 35.5. The van der Waals surface area contributed by atoms with Gasteiger partial charge in [0.15, 0.2) is 0 Å². The Morgan fingerprint density at radius 3 is 2.81 bits per heavy atom. The molecule has 3 rings (SSSR count). The first kappa shape index (κ1) is 18.3. The van der Waals surface area contributed by atoms with Crippen LogP contribution in [0.2, 0.25) is 5.02 Å². The number of hydrogen-bond donors (Lipinski definition) is 2. The summed E-state index contributed by atoms with van der Waals surface area (Å²) in [6, 6.07) is 11.5. The van der Waals surface area contributed by atoms with E-state index in [1.165, 1.54) is 37.1 Å². The van der Waals surface area contributed by atoms with Crippen molar-refractivity contribution in [1.82, 2.24) is 9.97 Å². The molecule has 26 heavy (non-hydrogen) atoms. The number of aliphatic hydroxyl groups is 1. The average Bonchev–Trinajstić information content (AvgIpc) is 3.06. The van der Waals surface area contributed by atoms with Crippen LogP contribution in [0.3, 0.4) is 0 Å². The van der Waals surface area contributed by atoms with E-state index in [2.05, 4.69) is 9.97 Å². The number of rotatable bonds is 5. The highest BCUT2D eigenvalue weighted by Gasteiger charge is 2.22. The summed E-state index contributed by atoms with van der Waals surface area (Å²) >= 11 is 6.95. The van der Waals surface area contributed by atoms with Gasteiger partial charge in [0.1, 0.15) is 23.0 Å². The Bertz CT molecular complexity index is 970. The van der Waals surface area contributed by atoms with Gasteiger partial charge >= 0.3 is 5.97 Å². The normalized spacial score (nSPS) is 12.1. The largest absolute Gasteiger partial charge is 0.510 e. The number of imidazole rings is 1. The molecule has 0 aliphatic heterocycles. The van der Waals surface area contributed by atoms with Crippen LogP contribution in [-0.4, -0.2) is 33.9 Å². The van der Waals surface area contributed by atoms with E-state index in [-0.39, 0.29) is 27.9 Å². The third kappa shape index (κ3) is 3.84. The van der Waals surface area contributed by atoms with Crippen LogP contribution in [0.4, 0.5) is 4.39 Å². The Morgan fingerprint density at radius 1 is 1.35 bits per heavy atom. The SMILES string of the molecule is COC(=O)C(=C(O)CSc1ccc(F)c(Cl)c1)c1nc2ccccc2[nH]1. The summed E-state index contributed by atoms with van der Waals surface area (Å²) in [6.45, 7) is 0. The minimum Gasteiger partial charge on any atom is -0.510 e. The van der Waals surface area contributed by atoms with E-state index in [1.54, 1.807) is 6.07 Å². The van der Waals surface area contributed by atoms with Crippen LogP contribution in [0.25, 0.3) is 16.6 Å². The lowest BCUT2D eigenvalue weighted by Crippen LogP contribution is -2.09. The molecular weight excluding hydrogens is 379 g/mol. The predicted octanol–water partition coefficient (Wildman–Crippen LogP) is 4.59. The van der Waals surface area contributed by atoms with Crippen molar-refractivity contribution in [1.29, 1.82) is 0 Å². The maximum Gasteiger partial charge on any atom is 0.345 e. The number of esters is 1. The third-order valence-corrected chi connectivity index (χ3v) is 4.87. The summed E-state index contributed by atoms with van der Waals surface area (Å²) in [5, 5.41) is 10.5. The van der Waals surface area contributed by atoms with Crippen molar-refractivity contribution in [2.24, 2.45) is 0 Å². The molecule has 134 valence electrons. The average molecular weight is 393 g/mol. The fourth-order valence-corrected chi connectivity index (χ4v) is 3.37. The lowest BCUT2D eigenvalue weighted by atomic mass is 10.2. The van der Waals surface area contributed by atoms with Gasteiger partial charge in [0.2, 0.25) is 0 Å². The first-order valence-corrected chi connectivity index (χ1v) is 8.89. The first-order chi connectivity index (χ1) is 12.5. The summed E-state index contributed by atoms with van der Waals surface area (Å²) in [5.41, 5.74) is 1.34. The number of nitrogens with zero attached hydrogens (tertiary/aromatic N) is 1. The Balaban J connectivity index is 1.92. The van der Waals surface area contributed by atoms with Gasteiger partial charge in [-0.2, -0.15) is 0 Å². The number of methoxy groups -OCH3 is 1. The molecule has 0 aliphatic rings. The van der Waals surface area contributed by atoms with E-state index in [4.69, 9.17) is 16.3 Å². The van der Waals surface area contributed by atoms with E-state index in [9.17, 15) is 14.3 Å². The van der Waals surface area contributed by atoms with Gasteiger partial charge in [-0.05, 0) is 30.3 Å². The lowest BCUT2D eigenvalue weighted by Gasteiger charge is -2.07. The molecular formula is C18H14ClFN2O3S. The van der Waals surface area contributed by atoms with Gasteiger partial charge in [-0.25, -0.2) is 14.2 Å². The second-order valence-corrected chi connectivity index (χ2v) is 6.74. The molecule has 0 spiro atoms. The third-order valence-electron chi connectivity index (χ3n) is 3.57. The van der Waals surface area contributed by atoms with Gasteiger partial charge in [0, 0.05) is 4.90 Å². The second-order valence-electron chi connectivity index (χ2n) is 5.28. The Morgan fingerprint density at radius 2 is 2.12 bits per heavy atom. The Hall–Kier alpha value is -2.51. The zero-order valence-corrected chi connectivity index (χ0v) is 15.2. The van der Waals surface area contributed by atoms with E-state index in [0.717, 1.165) is 5.52 Å². The molecule has 0 aliphatic carbocycles. The van der Waals surface area contributed by atoms with E-state index >= 15 is 0 Å². The van der Waals surface area contributed by atoms with Crippen molar-refractivity contribution in [3.8, 4) is 0 Å². The van der Waals surface area contributed by atoms with Crippen molar-refractivity contribution in [3.05, 3.63) is 64.9 Å². The van der Waals surface area contributed by atoms with E-state index in [1.807, 2.05) is 18.2 Å². The van der Waals surface area contributed by atoms with Crippen LogP contribution in [-0.2, 0) is 9.53 Å². The van der Waals surface area contributed by atoms with Crippen molar-refractivity contribution in [2.75, 3.05) is 12.9 Å². The first-order valence-electron chi connectivity index (χ1n) is 7.53. The number of halogens is 2. The minimum atomic E-state index is -0.709. The zero-order valence-electron chi connectivity index (χ0n) is 13.6. The van der Waals surface area contributed by atoms with Crippen LogP contribution >= 0.6 is 23.4 Å². The smallest absolute Gasteiger partial charge is 0.345 e. The van der Waals surface area contributed by atoms with Gasteiger partial charge in [-0.3, -0.25) is 0 Å². The molecule has 3 aromatic rings. The highest BCUT2D eigenvalue weighted by Crippen LogP contribution is 2.28. The highest BCUT2D eigenvalue weighted by molar-refractivity contribution is 7.99. The van der Waals surface area contributed by atoms with Crippen LogP contribution in [0.1, 0.15) is 5.82 Å². The number of aromatic nitrogens is 2. The van der Waals surface area contributed by atoms with E-state index < -0.39 is 11.8 Å². The Labute approximate surface area is 157 Å². The summed E-state index contributed by atoms with van der Waals surface area (Å²) in [4.78, 5) is 20.1. The number of hydrogen-bond acceptors (Lipinski definition) is 5. The molecule has 5 nitrogen and oxygen atoms in total. The van der Waals surface area contributed by atoms with Crippen LogP contribution in [0.15, 0.2) is 53.1 Å². The molecule has 0 amide bonds. The van der Waals surface area contributed by atoms with Crippen LogP contribution < -0.4 is 0 Å². The Kier molecular flexibility index (Phi) is 5.49. The molecule has 2 aromatic carbocycles. The number of fused-ring (bicyclic) bond motifs is 1. The molecule has 2 N–H and O–H groups in total. The maximum atomic E-state index is 13.2. The second kappa shape index (κ2) is 7.80. The fraction of sp³-hybridized carbons (Fsp3) is 0.111. The number of ether oxygens (including phenoxy) is 1. The van der Waals surface area contributed by atoms with Gasteiger partial charge in [-0.15, -0.1) is 11.8 Å². The van der Waals surface area contributed by atoms with Gasteiger partial charge < -0.3 is 14.8 Å². The standard InChI is InChI=1S/C18H14ClFN2O3S/c1-25-18(24)16(17-21-13-4-2-3-5-14(13)22-17)15(23)9-26-10-6-7-12(20)11(19)8-10/h2-8,23H,9H2,1H3,(H,21,22). The van der Waals surface area contributed by atoms with Gasteiger partial charge in [0.05, 0.1) is 28.9 Å². The zero-order chi connectivity index (χ0) is 18.7. The predicted molar refractivity (Wildman–Crippen MR) is 99.8 cm³/mol. The van der Waals surface area contributed by atoms with Crippen LogP contribution in [0, 0.1) is 5.82 Å². The topological polar surface area (TPSA) is 75.2 Å². The molecule has 0 radical (unpaired) electrons. The van der Waals surface area contributed by atoms with Crippen LogP contribution in [0.5, 0.6) is 0 Å². The summed E-state index contributed by atoms with van der Waals surface area (Å²) in [6.07, 6.45) is 0. The number of H-pyrrole nitrogens is 1. The number of carbonyl (C=O) groups excluding carboxylic acids is 1. The summed E-state index contributed by atoms with van der Waals surface area (Å²) in [5.74, 6) is -1.16. The molecule has 0 saturated heterocycles. The number of benzene rings is 2. The number of carbonyl (C=O) groups is 1. The van der Waals surface area contributed by atoms with E-state index in [0.29, 0.717) is 10.4 Å². The van der Waals surface area contributed by atoms with Gasteiger partial charge in [-0.1, -0.05) is 23.7 Å².